The molecule has 1 aliphatic rings. The average molecular weight is 511 g/mol. The van der Waals surface area contributed by atoms with Crippen LogP contribution >= 0.6 is 0 Å². The van der Waals surface area contributed by atoms with Crippen LogP contribution in [0.25, 0.3) is 6.08 Å². The number of furan rings is 1. The molecule has 2 aromatic carbocycles. The number of anilines is 1. The summed E-state index contributed by atoms with van der Waals surface area (Å²) in [7, 11) is 0. The Morgan fingerprint density at radius 2 is 1.68 bits per heavy atom. The summed E-state index contributed by atoms with van der Waals surface area (Å²) in [6.07, 6.45) is -1.39. The highest BCUT2D eigenvalue weighted by atomic mass is 19.4. The molecular formula is C29H29F3N2O3. The number of nitrogens with one attached hydrogen (secondary N) is 1. The second kappa shape index (κ2) is 10.7. The number of alkyl halides is 3. The first kappa shape index (κ1) is 26.3. The van der Waals surface area contributed by atoms with E-state index in [0.29, 0.717) is 43.0 Å². The number of carbonyl (C=O) groups is 2. The van der Waals surface area contributed by atoms with Gasteiger partial charge in [0.25, 0.3) is 11.8 Å². The summed E-state index contributed by atoms with van der Waals surface area (Å²) < 4.78 is 45.2. The van der Waals surface area contributed by atoms with Gasteiger partial charge in [0.05, 0.1) is 5.56 Å². The largest absolute Gasteiger partial charge is 0.462 e. The number of piperidine rings is 1. The quantitative estimate of drug-likeness (QED) is 0.377. The van der Waals surface area contributed by atoms with Gasteiger partial charge in [0.15, 0.2) is 0 Å². The summed E-state index contributed by atoms with van der Waals surface area (Å²) in [5.74, 6) is 1.02. The fraction of sp³-hybridized carbons (Fsp3) is 0.310. The van der Waals surface area contributed by atoms with Gasteiger partial charge >= 0.3 is 6.18 Å². The molecule has 0 spiro atoms. The lowest BCUT2D eigenvalue weighted by Crippen LogP contribution is -2.38. The van der Waals surface area contributed by atoms with E-state index in [1.165, 1.54) is 19.1 Å². The predicted octanol–water partition coefficient (Wildman–Crippen LogP) is 6.98. The maximum Gasteiger partial charge on any atom is 0.416 e. The van der Waals surface area contributed by atoms with Gasteiger partial charge in [-0.2, -0.15) is 13.2 Å². The number of nitrogens with zero attached hydrogens (tertiary/aromatic N) is 1. The number of aryl methyl sites for hydroxylation is 1. The van der Waals surface area contributed by atoms with Crippen LogP contribution in [0.2, 0.25) is 0 Å². The van der Waals surface area contributed by atoms with Crippen molar-refractivity contribution in [2.24, 2.45) is 0 Å². The molecule has 0 aliphatic carbocycles. The van der Waals surface area contributed by atoms with Gasteiger partial charge in [-0.15, -0.1) is 0 Å². The van der Waals surface area contributed by atoms with Crippen LogP contribution in [0.5, 0.6) is 0 Å². The number of rotatable bonds is 5. The third-order valence-corrected chi connectivity index (χ3v) is 6.77. The van der Waals surface area contributed by atoms with E-state index in [2.05, 4.69) is 5.32 Å². The van der Waals surface area contributed by atoms with E-state index < -0.39 is 11.7 Å². The Morgan fingerprint density at radius 1 is 1.00 bits per heavy atom. The van der Waals surface area contributed by atoms with Gasteiger partial charge in [-0.05, 0) is 93.1 Å². The van der Waals surface area contributed by atoms with Gasteiger partial charge in [-0.1, -0.05) is 18.2 Å². The lowest BCUT2D eigenvalue weighted by Gasteiger charge is -2.33. The second-order valence-corrected chi connectivity index (χ2v) is 9.39. The first-order chi connectivity index (χ1) is 17.5. The molecule has 8 heteroatoms. The summed E-state index contributed by atoms with van der Waals surface area (Å²) >= 11 is 0. The summed E-state index contributed by atoms with van der Waals surface area (Å²) in [6, 6.07) is 15.0. The summed E-state index contributed by atoms with van der Waals surface area (Å²) in [4.78, 5) is 27.1. The van der Waals surface area contributed by atoms with Gasteiger partial charge in [0.2, 0.25) is 0 Å². The molecule has 37 heavy (non-hydrogen) atoms. The zero-order valence-corrected chi connectivity index (χ0v) is 21.0. The predicted molar refractivity (Wildman–Crippen MR) is 136 cm³/mol. The van der Waals surface area contributed by atoms with Gasteiger partial charge in [0.1, 0.15) is 11.5 Å². The summed E-state index contributed by atoms with van der Waals surface area (Å²) in [5, 5.41) is 2.88. The molecule has 0 unspecified atom stereocenters. The Bertz CT molecular complexity index is 1310. The summed E-state index contributed by atoms with van der Waals surface area (Å²) in [5.41, 5.74) is 1.57. The minimum atomic E-state index is -4.49. The summed E-state index contributed by atoms with van der Waals surface area (Å²) in [6.45, 7) is 5.84. The van der Waals surface area contributed by atoms with E-state index in [0.717, 1.165) is 17.4 Å². The number of hydrogen-bond acceptors (Lipinski definition) is 3. The smallest absolute Gasteiger partial charge is 0.416 e. The molecule has 1 aliphatic heterocycles. The van der Waals surface area contributed by atoms with Gasteiger partial charge in [-0.3, -0.25) is 9.59 Å². The van der Waals surface area contributed by atoms with Crippen LogP contribution in [0.4, 0.5) is 18.9 Å². The molecule has 5 nitrogen and oxygen atoms in total. The van der Waals surface area contributed by atoms with Crippen LogP contribution in [-0.4, -0.2) is 29.8 Å². The van der Waals surface area contributed by atoms with Crippen molar-refractivity contribution < 1.29 is 27.2 Å². The molecule has 2 heterocycles. The zero-order chi connectivity index (χ0) is 26.7. The standard InChI is InChI=1S/C29H29F3N2O3/c1-18(17-24-12-7-19(2)37-24)27(35)33-23-10-8-21(9-11-23)22-13-15-34(16-14-22)28(36)25-5-4-6-26(20(25)3)29(30,31)32/h4-12,17,22H,13-16H2,1-3H3,(H,33,35)/b18-17-. The second-order valence-electron chi connectivity index (χ2n) is 9.39. The molecule has 0 atom stereocenters. The molecule has 0 saturated carbocycles. The van der Waals surface area contributed by atoms with Crippen molar-refractivity contribution in [3.63, 3.8) is 0 Å². The third kappa shape index (κ3) is 6.13. The normalized spacial score (nSPS) is 15.1. The Hall–Kier alpha value is -3.81. The number of benzene rings is 2. The highest BCUT2D eigenvalue weighted by molar-refractivity contribution is 6.06. The van der Waals surface area contributed by atoms with Crippen molar-refractivity contribution >= 4 is 23.6 Å². The minimum absolute atomic E-state index is 0.0379. The van der Waals surface area contributed by atoms with Crippen LogP contribution < -0.4 is 5.32 Å². The average Bonchev–Trinajstić information content (AvgIpc) is 3.28. The van der Waals surface area contributed by atoms with Crippen LogP contribution in [0, 0.1) is 13.8 Å². The minimum Gasteiger partial charge on any atom is -0.462 e. The first-order valence-corrected chi connectivity index (χ1v) is 12.1. The van der Waals surface area contributed by atoms with E-state index in [9.17, 15) is 22.8 Å². The number of amides is 2. The van der Waals surface area contributed by atoms with Crippen LogP contribution in [0.15, 0.2) is 64.6 Å². The van der Waals surface area contributed by atoms with Crippen molar-refractivity contribution in [2.75, 3.05) is 18.4 Å². The van der Waals surface area contributed by atoms with Crippen molar-refractivity contribution in [3.8, 4) is 0 Å². The number of likely N-dealkylation sites (tertiary alicyclic amines) is 1. The van der Waals surface area contributed by atoms with E-state index >= 15 is 0 Å². The van der Waals surface area contributed by atoms with Gasteiger partial charge < -0.3 is 14.6 Å². The number of halogens is 3. The van der Waals surface area contributed by atoms with E-state index in [1.54, 1.807) is 24.0 Å². The van der Waals surface area contributed by atoms with Gasteiger partial charge in [-0.25, -0.2) is 0 Å². The van der Waals surface area contributed by atoms with E-state index in [1.807, 2.05) is 37.3 Å². The molecule has 0 bridgehead atoms. The molecule has 2 amide bonds. The molecule has 0 radical (unpaired) electrons. The van der Waals surface area contributed by atoms with Crippen molar-refractivity contribution in [1.82, 2.24) is 4.90 Å². The maximum absolute atomic E-state index is 13.2. The molecule has 4 rings (SSSR count). The van der Waals surface area contributed by atoms with E-state index in [-0.39, 0.29) is 28.9 Å². The Kier molecular flexibility index (Phi) is 7.57. The Balaban J connectivity index is 1.34. The maximum atomic E-state index is 13.2. The van der Waals surface area contributed by atoms with Crippen molar-refractivity contribution in [1.29, 1.82) is 0 Å². The first-order valence-electron chi connectivity index (χ1n) is 12.1. The van der Waals surface area contributed by atoms with Crippen LogP contribution in [0.3, 0.4) is 0 Å². The zero-order valence-electron chi connectivity index (χ0n) is 21.0. The lowest BCUT2D eigenvalue weighted by molar-refractivity contribution is -0.138. The highest BCUT2D eigenvalue weighted by Crippen LogP contribution is 2.34. The number of carbonyl (C=O) groups excluding carboxylic acids is 2. The van der Waals surface area contributed by atoms with Crippen LogP contribution in [-0.2, 0) is 11.0 Å². The van der Waals surface area contributed by atoms with Crippen LogP contribution in [0.1, 0.15) is 64.3 Å². The SMILES string of the molecule is C/C(=C/c1ccc(C)o1)C(=O)Nc1ccc(C2CCN(C(=O)c3cccc(C(F)(F)F)c3C)CC2)cc1. The fourth-order valence-corrected chi connectivity index (χ4v) is 4.64. The molecule has 1 N–H and O–H groups in total. The Labute approximate surface area is 214 Å². The molecule has 1 fully saturated rings. The van der Waals surface area contributed by atoms with Crippen molar-refractivity contribution in [2.45, 2.75) is 45.7 Å². The van der Waals surface area contributed by atoms with E-state index in [4.69, 9.17) is 4.42 Å². The third-order valence-electron chi connectivity index (χ3n) is 6.77. The highest BCUT2D eigenvalue weighted by Gasteiger charge is 2.34. The lowest BCUT2D eigenvalue weighted by atomic mass is 9.89. The molecule has 1 saturated heterocycles. The molecule has 194 valence electrons. The molecule has 3 aromatic rings. The Morgan fingerprint density at radius 3 is 2.27 bits per heavy atom. The topological polar surface area (TPSA) is 62.6 Å². The molecule has 1 aromatic heterocycles. The van der Waals surface area contributed by atoms with Gasteiger partial charge in [0, 0.05) is 29.9 Å². The van der Waals surface area contributed by atoms with Crippen molar-refractivity contribution in [3.05, 3.63) is 93.9 Å². The monoisotopic (exact) mass is 510 g/mol. The number of hydrogen-bond donors (Lipinski definition) is 1. The molecular weight excluding hydrogens is 481 g/mol. The fourth-order valence-electron chi connectivity index (χ4n) is 4.64.